The van der Waals surface area contributed by atoms with Crippen molar-refractivity contribution in [3.05, 3.63) is 59.5 Å². The Labute approximate surface area is 101 Å². The van der Waals surface area contributed by atoms with Crippen LogP contribution in [-0.2, 0) is 5.41 Å². The highest BCUT2D eigenvalue weighted by molar-refractivity contribution is 6.01. The van der Waals surface area contributed by atoms with Crippen LogP contribution in [0.3, 0.4) is 0 Å². The van der Waals surface area contributed by atoms with E-state index in [2.05, 4.69) is 0 Å². The lowest BCUT2D eigenvalue weighted by atomic mass is 9.79. The third-order valence-corrected chi connectivity index (χ3v) is 3.09. The summed E-state index contributed by atoms with van der Waals surface area (Å²) in [6.45, 7) is 5.87. The van der Waals surface area contributed by atoms with Gasteiger partial charge in [0.25, 0.3) is 0 Å². The van der Waals surface area contributed by atoms with E-state index in [1.807, 2.05) is 45.0 Å². The van der Waals surface area contributed by atoms with Gasteiger partial charge in [-0.1, -0.05) is 29.8 Å². The van der Waals surface area contributed by atoms with Gasteiger partial charge in [-0.25, -0.2) is 0 Å². The van der Waals surface area contributed by atoms with E-state index in [-0.39, 0.29) is 5.78 Å². The van der Waals surface area contributed by atoms with Crippen LogP contribution in [0, 0.1) is 6.92 Å². The zero-order valence-corrected chi connectivity index (χ0v) is 10.4. The van der Waals surface area contributed by atoms with E-state index in [4.69, 9.17) is 4.42 Å². The van der Waals surface area contributed by atoms with Crippen LogP contribution < -0.4 is 0 Å². The number of Topliss-reactive ketones (excluding diaryl/α,β-unsaturated/α-hetero) is 1. The lowest BCUT2D eigenvalue weighted by Gasteiger charge is -2.22. The molecule has 0 bridgehead atoms. The molecule has 0 atom stereocenters. The predicted octanol–water partition coefficient (Wildman–Crippen LogP) is 3.75. The lowest BCUT2D eigenvalue weighted by molar-refractivity contribution is 0.0880. The van der Waals surface area contributed by atoms with E-state index in [1.54, 1.807) is 12.1 Å². The maximum Gasteiger partial charge on any atom is 0.207 e. The largest absolute Gasteiger partial charge is 0.461 e. The fourth-order valence-electron chi connectivity index (χ4n) is 1.82. The molecule has 0 N–H and O–H groups in total. The van der Waals surface area contributed by atoms with Crippen molar-refractivity contribution in [3.8, 4) is 0 Å². The summed E-state index contributed by atoms with van der Waals surface area (Å²) in [6, 6.07) is 11.5. The van der Waals surface area contributed by atoms with Gasteiger partial charge in [0, 0.05) is 0 Å². The second-order valence-corrected chi connectivity index (χ2v) is 4.80. The Morgan fingerprint density at radius 3 is 2.29 bits per heavy atom. The molecular weight excluding hydrogens is 212 g/mol. The van der Waals surface area contributed by atoms with Gasteiger partial charge in [-0.3, -0.25) is 4.79 Å². The SMILES string of the molecule is Cc1ccc(C(C)(C)C(=O)c2ccco2)cc1. The van der Waals surface area contributed by atoms with Crippen molar-refractivity contribution in [1.82, 2.24) is 0 Å². The first kappa shape index (κ1) is 11.6. The molecule has 0 amide bonds. The fraction of sp³-hybridized carbons (Fsp3) is 0.267. The highest BCUT2D eigenvalue weighted by Gasteiger charge is 2.32. The first-order chi connectivity index (χ1) is 8.01. The molecule has 1 heterocycles. The Kier molecular flexibility index (Phi) is 2.88. The second-order valence-electron chi connectivity index (χ2n) is 4.80. The summed E-state index contributed by atoms with van der Waals surface area (Å²) in [7, 11) is 0. The van der Waals surface area contributed by atoms with Gasteiger partial charge in [0.1, 0.15) is 0 Å². The van der Waals surface area contributed by atoms with Crippen molar-refractivity contribution >= 4 is 5.78 Å². The minimum atomic E-state index is -0.564. The Bertz CT molecular complexity index is 504. The van der Waals surface area contributed by atoms with Gasteiger partial charge >= 0.3 is 0 Å². The molecule has 0 aliphatic carbocycles. The summed E-state index contributed by atoms with van der Waals surface area (Å²) in [4.78, 5) is 12.3. The average molecular weight is 228 g/mol. The molecular formula is C15H16O2. The summed E-state index contributed by atoms with van der Waals surface area (Å²) < 4.78 is 5.18. The molecule has 0 radical (unpaired) electrons. The Morgan fingerprint density at radius 1 is 1.12 bits per heavy atom. The summed E-state index contributed by atoms with van der Waals surface area (Å²) >= 11 is 0. The first-order valence-corrected chi connectivity index (χ1v) is 5.67. The number of furan rings is 1. The summed E-state index contributed by atoms with van der Waals surface area (Å²) in [5, 5.41) is 0. The molecule has 0 fully saturated rings. The molecule has 2 rings (SSSR count). The molecule has 1 aromatic carbocycles. The van der Waals surface area contributed by atoms with E-state index in [9.17, 15) is 4.79 Å². The number of rotatable bonds is 3. The number of carbonyl (C=O) groups is 1. The minimum Gasteiger partial charge on any atom is -0.461 e. The van der Waals surface area contributed by atoms with Crippen LogP contribution in [0.25, 0.3) is 0 Å². The normalized spacial score (nSPS) is 11.5. The van der Waals surface area contributed by atoms with E-state index in [0.717, 1.165) is 5.56 Å². The number of carbonyl (C=O) groups excluding carboxylic acids is 1. The number of aryl methyl sites for hydroxylation is 1. The van der Waals surface area contributed by atoms with Crippen molar-refractivity contribution in [2.75, 3.05) is 0 Å². The standard InChI is InChI=1S/C15H16O2/c1-11-6-8-12(9-7-11)15(2,3)14(16)13-5-4-10-17-13/h4-10H,1-3H3. The molecule has 88 valence electrons. The zero-order valence-electron chi connectivity index (χ0n) is 10.4. The van der Waals surface area contributed by atoms with Crippen molar-refractivity contribution in [1.29, 1.82) is 0 Å². The maximum atomic E-state index is 12.3. The third kappa shape index (κ3) is 2.16. The van der Waals surface area contributed by atoms with Crippen molar-refractivity contribution in [3.63, 3.8) is 0 Å². The van der Waals surface area contributed by atoms with E-state index >= 15 is 0 Å². The van der Waals surface area contributed by atoms with Gasteiger partial charge in [0.05, 0.1) is 11.7 Å². The quantitative estimate of drug-likeness (QED) is 0.749. The molecule has 0 saturated carbocycles. The number of hydrogen-bond acceptors (Lipinski definition) is 2. The highest BCUT2D eigenvalue weighted by atomic mass is 16.3. The molecule has 0 aliphatic heterocycles. The maximum absolute atomic E-state index is 12.3. The molecule has 0 aliphatic rings. The van der Waals surface area contributed by atoms with Crippen LogP contribution in [0.4, 0.5) is 0 Å². The van der Waals surface area contributed by atoms with Crippen LogP contribution in [0.1, 0.15) is 35.5 Å². The van der Waals surface area contributed by atoms with Gasteiger partial charge in [-0.2, -0.15) is 0 Å². The zero-order chi connectivity index (χ0) is 12.5. The third-order valence-electron chi connectivity index (χ3n) is 3.09. The Hall–Kier alpha value is -1.83. The van der Waals surface area contributed by atoms with Crippen molar-refractivity contribution in [2.45, 2.75) is 26.2 Å². The van der Waals surface area contributed by atoms with Gasteiger partial charge in [-0.05, 0) is 38.5 Å². The summed E-state index contributed by atoms with van der Waals surface area (Å²) in [6.07, 6.45) is 1.53. The van der Waals surface area contributed by atoms with Gasteiger partial charge in [0.15, 0.2) is 5.76 Å². The molecule has 2 nitrogen and oxygen atoms in total. The Balaban J connectivity index is 2.36. The number of ketones is 1. The van der Waals surface area contributed by atoms with Crippen LogP contribution >= 0.6 is 0 Å². The van der Waals surface area contributed by atoms with Gasteiger partial charge < -0.3 is 4.42 Å². The molecule has 2 aromatic rings. The Morgan fingerprint density at radius 2 is 1.76 bits per heavy atom. The molecule has 1 aromatic heterocycles. The number of hydrogen-bond donors (Lipinski definition) is 0. The van der Waals surface area contributed by atoms with Crippen LogP contribution in [-0.4, -0.2) is 5.78 Å². The van der Waals surface area contributed by atoms with E-state index in [1.165, 1.54) is 11.8 Å². The first-order valence-electron chi connectivity index (χ1n) is 5.67. The lowest BCUT2D eigenvalue weighted by Crippen LogP contribution is -2.28. The van der Waals surface area contributed by atoms with E-state index < -0.39 is 5.41 Å². The fourth-order valence-corrected chi connectivity index (χ4v) is 1.82. The van der Waals surface area contributed by atoms with Crippen molar-refractivity contribution in [2.24, 2.45) is 0 Å². The van der Waals surface area contributed by atoms with Gasteiger partial charge in [-0.15, -0.1) is 0 Å². The molecule has 0 saturated heterocycles. The molecule has 17 heavy (non-hydrogen) atoms. The summed E-state index contributed by atoms with van der Waals surface area (Å²) in [5.74, 6) is 0.418. The monoisotopic (exact) mass is 228 g/mol. The summed E-state index contributed by atoms with van der Waals surface area (Å²) in [5.41, 5.74) is 1.63. The number of benzene rings is 1. The van der Waals surface area contributed by atoms with E-state index in [0.29, 0.717) is 5.76 Å². The van der Waals surface area contributed by atoms with Gasteiger partial charge in [0.2, 0.25) is 5.78 Å². The smallest absolute Gasteiger partial charge is 0.207 e. The topological polar surface area (TPSA) is 30.2 Å². The molecule has 0 spiro atoms. The second kappa shape index (κ2) is 4.21. The van der Waals surface area contributed by atoms with Crippen LogP contribution in [0.5, 0.6) is 0 Å². The van der Waals surface area contributed by atoms with Crippen molar-refractivity contribution < 1.29 is 9.21 Å². The molecule has 0 unspecified atom stereocenters. The van der Waals surface area contributed by atoms with Crippen LogP contribution in [0.2, 0.25) is 0 Å². The minimum absolute atomic E-state index is 0.00588. The predicted molar refractivity (Wildman–Crippen MR) is 67.2 cm³/mol. The average Bonchev–Trinajstić information content (AvgIpc) is 2.82. The highest BCUT2D eigenvalue weighted by Crippen LogP contribution is 2.28. The molecule has 2 heteroatoms. The van der Waals surface area contributed by atoms with Crippen LogP contribution in [0.15, 0.2) is 47.1 Å².